The van der Waals surface area contributed by atoms with Gasteiger partial charge in [0.05, 0.1) is 5.69 Å². The summed E-state index contributed by atoms with van der Waals surface area (Å²) in [5, 5.41) is 11.6. The topological polar surface area (TPSA) is 62.7 Å². The lowest BCUT2D eigenvalue weighted by molar-refractivity contribution is 1.26. The molecule has 0 atom stereocenters. The third kappa shape index (κ3) is 2.60. The molecule has 0 aliphatic rings. The van der Waals surface area contributed by atoms with E-state index in [9.17, 15) is 5.26 Å². The quantitative estimate of drug-likeness (QED) is 0.734. The second kappa shape index (κ2) is 5.86. The zero-order chi connectivity index (χ0) is 16.6. The van der Waals surface area contributed by atoms with Gasteiger partial charge in [0.1, 0.15) is 17.5 Å². The molecule has 0 amide bonds. The molecule has 0 bridgehead atoms. The molecule has 2 heterocycles. The molecule has 0 radical (unpaired) electrons. The van der Waals surface area contributed by atoms with Crippen LogP contribution in [0.5, 0.6) is 0 Å². The fourth-order valence-electron chi connectivity index (χ4n) is 2.71. The van der Waals surface area contributed by atoms with Gasteiger partial charge in [-0.3, -0.25) is 0 Å². The van der Waals surface area contributed by atoms with E-state index in [-0.39, 0.29) is 5.82 Å². The Bertz CT molecular complexity index is 915. The Kier molecular flexibility index (Phi) is 3.89. The molecule has 0 unspecified atom stereocenters. The van der Waals surface area contributed by atoms with E-state index in [1.807, 2.05) is 24.4 Å². The minimum absolute atomic E-state index is 0.288. The minimum Gasteiger partial charge on any atom is -0.383 e. The average Bonchev–Trinajstić information content (AvgIpc) is 2.95. The highest BCUT2D eigenvalue weighted by atomic mass is 32.1. The first-order valence-corrected chi connectivity index (χ1v) is 8.22. The van der Waals surface area contributed by atoms with Crippen LogP contribution in [0.3, 0.4) is 0 Å². The monoisotopic (exact) mass is 319 g/mol. The van der Waals surface area contributed by atoms with Crippen molar-refractivity contribution in [1.82, 2.24) is 4.98 Å². The van der Waals surface area contributed by atoms with Crippen molar-refractivity contribution in [3.8, 4) is 27.8 Å². The highest BCUT2D eigenvalue weighted by Crippen LogP contribution is 2.39. The van der Waals surface area contributed by atoms with Gasteiger partial charge in [0.25, 0.3) is 0 Å². The van der Waals surface area contributed by atoms with Gasteiger partial charge in [-0.2, -0.15) is 5.26 Å². The van der Waals surface area contributed by atoms with Gasteiger partial charge >= 0.3 is 0 Å². The Labute approximate surface area is 140 Å². The van der Waals surface area contributed by atoms with E-state index < -0.39 is 0 Å². The Morgan fingerprint density at radius 3 is 2.35 bits per heavy atom. The fourth-order valence-corrected chi connectivity index (χ4v) is 3.75. The van der Waals surface area contributed by atoms with Crippen LogP contribution in [-0.2, 0) is 0 Å². The lowest BCUT2D eigenvalue weighted by atomic mass is 9.95. The summed E-state index contributed by atoms with van der Waals surface area (Å²) in [6.45, 7) is 6.11. The van der Waals surface area contributed by atoms with Crippen LogP contribution in [0.2, 0.25) is 0 Å². The van der Waals surface area contributed by atoms with Crippen LogP contribution in [0.1, 0.15) is 22.3 Å². The Hall–Kier alpha value is -2.64. The number of aromatic nitrogens is 1. The van der Waals surface area contributed by atoms with Gasteiger partial charge in [-0.1, -0.05) is 29.8 Å². The summed E-state index contributed by atoms with van der Waals surface area (Å²) in [4.78, 5) is 5.59. The molecule has 2 aromatic heterocycles. The van der Waals surface area contributed by atoms with Gasteiger partial charge in [0.15, 0.2) is 0 Å². The average molecular weight is 319 g/mol. The number of aryl methyl sites for hydroxylation is 2. The number of nitrogens with two attached hydrogens (primary N) is 1. The van der Waals surface area contributed by atoms with Gasteiger partial charge < -0.3 is 5.73 Å². The Morgan fingerprint density at radius 2 is 1.78 bits per heavy atom. The van der Waals surface area contributed by atoms with Gasteiger partial charge in [0, 0.05) is 16.0 Å². The van der Waals surface area contributed by atoms with Crippen molar-refractivity contribution >= 4 is 17.2 Å². The maximum Gasteiger partial charge on any atom is 0.142 e. The van der Waals surface area contributed by atoms with E-state index in [0.29, 0.717) is 5.56 Å². The Morgan fingerprint density at radius 1 is 1.09 bits per heavy atom. The zero-order valence-electron chi connectivity index (χ0n) is 13.3. The van der Waals surface area contributed by atoms with Crippen LogP contribution in [0.25, 0.3) is 21.7 Å². The summed E-state index contributed by atoms with van der Waals surface area (Å²) in [6, 6.07) is 12.5. The maximum atomic E-state index is 9.55. The molecule has 0 saturated heterocycles. The van der Waals surface area contributed by atoms with E-state index in [4.69, 9.17) is 5.73 Å². The minimum atomic E-state index is 0.288. The molecule has 0 aliphatic carbocycles. The van der Waals surface area contributed by atoms with E-state index >= 15 is 0 Å². The first-order valence-electron chi connectivity index (χ1n) is 7.34. The van der Waals surface area contributed by atoms with Gasteiger partial charge in [-0.25, -0.2) is 4.98 Å². The van der Waals surface area contributed by atoms with E-state index in [1.54, 1.807) is 11.3 Å². The molecule has 23 heavy (non-hydrogen) atoms. The normalized spacial score (nSPS) is 10.5. The van der Waals surface area contributed by atoms with Gasteiger partial charge in [-0.05, 0) is 43.3 Å². The Balaban J connectivity index is 2.33. The number of pyridine rings is 1. The van der Waals surface area contributed by atoms with Gasteiger partial charge in [0.2, 0.25) is 0 Å². The number of benzene rings is 1. The van der Waals surface area contributed by atoms with Crippen LogP contribution < -0.4 is 5.73 Å². The van der Waals surface area contributed by atoms with Gasteiger partial charge in [-0.15, -0.1) is 11.3 Å². The van der Waals surface area contributed by atoms with Crippen molar-refractivity contribution < 1.29 is 0 Å². The standard InChI is InChI=1S/C19H17N3S/c1-11-4-6-14(7-5-11)17-13(3)16(15(10-20)19(21)22-17)18-12(2)8-9-23-18/h4-9H,1-3H3,(H2,21,22). The number of nitrogen functional groups attached to an aromatic ring is 1. The molecule has 114 valence electrons. The lowest BCUT2D eigenvalue weighted by Crippen LogP contribution is -2.03. The highest BCUT2D eigenvalue weighted by molar-refractivity contribution is 7.13. The summed E-state index contributed by atoms with van der Waals surface area (Å²) in [6.07, 6.45) is 0. The fraction of sp³-hybridized carbons (Fsp3) is 0.158. The number of hydrogen-bond donors (Lipinski definition) is 1. The van der Waals surface area contributed by atoms with Crippen LogP contribution >= 0.6 is 11.3 Å². The first kappa shape index (κ1) is 15.3. The van der Waals surface area contributed by atoms with Crippen molar-refractivity contribution in [2.75, 3.05) is 5.73 Å². The summed E-state index contributed by atoms with van der Waals surface area (Å²) < 4.78 is 0. The molecule has 3 rings (SSSR count). The lowest BCUT2D eigenvalue weighted by Gasteiger charge is -2.14. The number of nitriles is 1. The molecule has 2 N–H and O–H groups in total. The molecule has 0 spiro atoms. The molecule has 1 aromatic carbocycles. The molecule has 0 aliphatic heterocycles. The number of anilines is 1. The number of nitrogens with zero attached hydrogens (tertiary/aromatic N) is 2. The van der Waals surface area contributed by atoms with E-state index in [1.165, 1.54) is 5.56 Å². The second-order valence-corrected chi connectivity index (χ2v) is 6.55. The molecule has 3 nitrogen and oxygen atoms in total. The van der Waals surface area contributed by atoms with Crippen LogP contribution in [0.4, 0.5) is 5.82 Å². The summed E-state index contributed by atoms with van der Waals surface area (Å²) in [5.74, 6) is 0.288. The second-order valence-electron chi connectivity index (χ2n) is 5.63. The number of thiophene rings is 1. The van der Waals surface area contributed by atoms with Crippen LogP contribution in [0.15, 0.2) is 35.7 Å². The van der Waals surface area contributed by atoms with Crippen molar-refractivity contribution in [2.45, 2.75) is 20.8 Å². The molecule has 0 saturated carbocycles. The van der Waals surface area contributed by atoms with Crippen molar-refractivity contribution in [3.05, 3.63) is 58.0 Å². The summed E-state index contributed by atoms with van der Waals surface area (Å²) >= 11 is 1.63. The van der Waals surface area contributed by atoms with Crippen molar-refractivity contribution in [1.29, 1.82) is 5.26 Å². The van der Waals surface area contributed by atoms with E-state index in [0.717, 1.165) is 32.8 Å². The first-order chi connectivity index (χ1) is 11.0. The number of rotatable bonds is 2. The smallest absolute Gasteiger partial charge is 0.142 e. The molecule has 4 heteroatoms. The maximum absolute atomic E-state index is 9.55. The third-order valence-corrected chi connectivity index (χ3v) is 5.03. The SMILES string of the molecule is Cc1ccc(-c2nc(N)c(C#N)c(-c3sccc3C)c2C)cc1. The van der Waals surface area contributed by atoms with E-state index in [2.05, 4.69) is 43.1 Å². The largest absolute Gasteiger partial charge is 0.383 e. The van der Waals surface area contributed by atoms with Crippen LogP contribution in [0, 0.1) is 32.1 Å². The highest BCUT2D eigenvalue weighted by Gasteiger charge is 2.20. The predicted octanol–water partition coefficient (Wildman–Crippen LogP) is 4.86. The van der Waals surface area contributed by atoms with Crippen molar-refractivity contribution in [2.24, 2.45) is 0 Å². The number of hydrogen-bond acceptors (Lipinski definition) is 4. The molecular formula is C19H17N3S. The molecular weight excluding hydrogens is 302 g/mol. The van der Waals surface area contributed by atoms with Crippen LogP contribution in [-0.4, -0.2) is 4.98 Å². The molecule has 0 fully saturated rings. The molecule has 3 aromatic rings. The third-order valence-electron chi connectivity index (χ3n) is 3.99. The summed E-state index contributed by atoms with van der Waals surface area (Å²) in [5.41, 5.74) is 12.7. The predicted molar refractivity (Wildman–Crippen MR) is 96.3 cm³/mol. The summed E-state index contributed by atoms with van der Waals surface area (Å²) in [7, 11) is 0. The van der Waals surface area contributed by atoms with Crippen molar-refractivity contribution in [3.63, 3.8) is 0 Å². The zero-order valence-corrected chi connectivity index (χ0v) is 14.2.